The number of urea groups is 1. The summed E-state index contributed by atoms with van der Waals surface area (Å²) in [5.74, 6) is -0.518. The summed E-state index contributed by atoms with van der Waals surface area (Å²) >= 11 is 0. The Kier molecular flexibility index (Phi) is 6.03. The van der Waals surface area contributed by atoms with Crippen molar-refractivity contribution in [2.45, 2.75) is 26.9 Å². The third-order valence-electron chi connectivity index (χ3n) is 5.37. The zero-order valence-electron chi connectivity index (χ0n) is 18.0. The number of halogens is 1. The van der Waals surface area contributed by atoms with Gasteiger partial charge in [0.25, 0.3) is 5.56 Å². The Morgan fingerprint density at radius 1 is 0.969 bits per heavy atom. The van der Waals surface area contributed by atoms with Gasteiger partial charge in [0.15, 0.2) is 0 Å². The number of aromatic amines is 1. The number of carbonyl (C=O) groups is 1. The van der Waals surface area contributed by atoms with Crippen molar-refractivity contribution in [1.82, 2.24) is 9.88 Å². The van der Waals surface area contributed by atoms with Gasteiger partial charge < -0.3 is 15.2 Å². The average Bonchev–Trinajstić information content (AvgIpc) is 2.76. The molecule has 3 aromatic carbocycles. The van der Waals surface area contributed by atoms with Gasteiger partial charge in [0.1, 0.15) is 5.82 Å². The van der Waals surface area contributed by atoms with E-state index < -0.39 is 11.8 Å². The molecule has 0 saturated heterocycles. The summed E-state index contributed by atoms with van der Waals surface area (Å²) < 4.78 is 14.1. The molecule has 0 fully saturated rings. The number of carbonyl (C=O) groups excluding carboxylic acids is 1. The van der Waals surface area contributed by atoms with E-state index in [0.29, 0.717) is 5.56 Å². The fourth-order valence-corrected chi connectivity index (χ4v) is 3.80. The number of pyridine rings is 1. The lowest BCUT2D eigenvalue weighted by Gasteiger charge is -2.23. The standard InChI is InChI=1S/C26H24FN3O2/c1-17-12-18(2)21-14-20(25(31)28-24(21)13-17)16-30(15-19-8-4-3-5-9-19)26(32)29-23-11-7-6-10-22(23)27/h3-14H,15-16H2,1-2H3,(H,28,31)(H,29,32). The first-order chi connectivity index (χ1) is 15.4. The summed E-state index contributed by atoms with van der Waals surface area (Å²) in [7, 11) is 0. The molecule has 2 N–H and O–H groups in total. The number of aromatic nitrogens is 1. The highest BCUT2D eigenvalue weighted by atomic mass is 19.1. The lowest BCUT2D eigenvalue weighted by Crippen LogP contribution is -2.36. The Morgan fingerprint density at radius 2 is 1.69 bits per heavy atom. The molecule has 0 saturated carbocycles. The van der Waals surface area contributed by atoms with E-state index in [4.69, 9.17) is 0 Å². The van der Waals surface area contributed by atoms with Crippen LogP contribution in [0.15, 0.2) is 77.6 Å². The van der Waals surface area contributed by atoms with E-state index in [1.807, 2.05) is 56.3 Å². The number of benzene rings is 3. The number of aryl methyl sites for hydroxylation is 2. The molecule has 5 nitrogen and oxygen atoms in total. The summed E-state index contributed by atoms with van der Waals surface area (Å²) in [5, 5.41) is 3.56. The van der Waals surface area contributed by atoms with Crippen molar-refractivity contribution in [3.05, 3.63) is 111 Å². The van der Waals surface area contributed by atoms with E-state index in [9.17, 15) is 14.0 Å². The quantitative estimate of drug-likeness (QED) is 0.439. The predicted molar refractivity (Wildman–Crippen MR) is 125 cm³/mol. The first kappa shape index (κ1) is 21.3. The molecule has 1 aromatic heterocycles. The van der Waals surface area contributed by atoms with Crippen molar-refractivity contribution >= 4 is 22.6 Å². The number of para-hydroxylation sites is 1. The van der Waals surface area contributed by atoms with E-state index in [1.165, 1.54) is 17.0 Å². The van der Waals surface area contributed by atoms with Gasteiger partial charge in [-0.15, -0.1) is 0 Å². The third kappa shape index (κ3) is 4.70. The SMILES string of the molecule is Cc1cc(C)c2cc(CN(Cc3ccccc3)C(=O)Nc3ccccc3F)c(=O)[nH]c2c1. The molecule has 0 unspecified atom stereocenters. The second kappa shape index (κ2) is 9.06. The van der Waals surface area contributed by atoms with Crippen LogP contribution >= 0.6 is 0 Å². The van der Waals surface area contributed by atoms with Crippen LogP contribution in [0.1, 0.15) is 22.3 Å². The molecule has 0 aliphatic heterocycles. The molecule has 4 rings (SSSR count). The van der Waals surface area contributed by atoms with Crippen molar-refractivity contribution in [3.8, 4) is 0 Å². The van der Waals surface area contributed by atoms with Gasteiger partial charge in [0.2, 0.25) is 0 Å². The number of nitrogens with zero attached hydrogens (tertiary/aromatic N) is 1. The van der Waals surface area contributed by atoms with Crippen LogP contribution in [0.25, 0.3) is 10.9 Å². The van der Waals surface area contributed by atoms with E-state index >= 15 is 0 Å². The smallest absolute Gasteiger partial charge is 0.322 e. The van der Waals surface area contributed by atoms with Crippen LogP contribution in [0.3, 0.4) is 0 Å². The summed E-state index contributed by atoms with van der Waals surface area (Å²) in [5.41, 5.74) is 4.08. The number of hydrogen-bond acceptors (Lipinski definition) is 2. The number of amides is 2. The van der Waals surface area contributed by atoms with Crippen molar-refractivity contribution in [2.24, 2.45) is 0 Å². The zero-order valence-corrected chi connectivity index (χ0v) is 18.0. The van der Waals surface area contributed by atoms with Crippen molar-refractivity contribution in [2.75, 3.05) is 5.32 Å². The Hall–Kier alpha value is -3.93. The molecule has 0 spiro atoms. The van der Waals surface area contributed by atoms with Crippen molar-refractivity contribution in [1.29, 1.82) is 0 Å². The minimum atomic E-state index is -0.518. The second-order valence-electron chi connectivity index (χ2n) is 7.92. The van der Waals surface area contributed by atoms with Crippen LogP contribution in [0, 0.1) is 19.7 Å². The van der Waals surface area contributed by atoms with E-state index in [1.54, 1.807) is 12.1 Å². The number of fused-ring (bicyclic) bond motifs is 1. The molecule has 4 aromatic rings. The van der Waals surface area contributed by atoms with Crippen molar-refractivity contribution < 1.29 is 9.18 Å². The highest BCUT2D eigenvalue weighted by molar-refractivity contribution is 5.89. The van der Waals surface area contributed by atoms with Crippen molar-refractivity contribution in [3.63, 3.8) is 0 Å². The number of rotatable bonds is 5. The lowest BCUT2D eigenvalue weighted by molar-refractivity contribution is 0.206. The van der Waals surface area contributed by atoms with Gasteiger partial charge >= 0.3 is 6.03 Å². The largest absolute Gasteiger partial charge is 0.322 e. The van der Waals surface area contributed by atoms with Gasteiger partial charge in [0.05, 0.1) is 12.2 Å². The van der Waals surface area contributed by atoms with Gasteiger partial charge in [0, 0.05) is 23.0 Å². The molecule has 2 amide bonds. The maximum Gasteiger partial charge on any atom is 0.322 e. The average molecular weight is 429 g/mol. The first-order valence-corrected chi connectivity index (χ1v) is 10.4. The maximum atomic E-state index is 14.1. The van der Waals surface area contributed by atoms with Crippen LogP contribution in [-0.4, -0.2) is 15.9 Å². The molecule has 0 bridgehead atoms. The van der Waals surface area contributed by atoms with Crippen LogP contribution in [0.5, 0.6) is 0 Å². The molecule has 32 heavy (non-hydrogen) atoms. The fourth-order valence-electron chi connectivity index (χ4n) is 3.80. The predicted octanol–water partition coefficient (Wildman–Crippen LogP) is 5.52. The summed E-state index contributed by atoms with van der Waals surface area (Å²) in [6.45, 7) is 4.32. The number of anilines is 1. The van der Waals surface area contributed by atoms with Crippen LogP contribution in [0.2, 0.25) is 0 Å². The normalized spacial score (nSPS) is 10.8. The molecular formula is C26H24FN3O2. The summed E-state index contributed by atoms with van der Waals surface area (Å²) in [4.78, 5) is 30.3. The maximum absolute atomic E-state index is 14.1. The minimum Gasteiger partial charge on any atom is -0.322 e. The van der Waals surface area contributed by atoms with Gasteiger partial charge in [-0.1, -0.05) is 48.5 Å². The number of H-pyrrole nitrogens is 1. The second-order valence-corrected chi connectivity index (χ2v) is 7.92. The Labute approximate surface area is 185 Å². The Morgan fingerprint density at radius 3 is 2.44 bits per heavy atom. The molecule has 0 aliphatic rings. The monoisotopic (exact) mass is 429 g/mol. The molecule has 1 heterocycles. The Bertz CT molecular complexity index is 1330. The minimum absolute atomic E-state index is 0.0772. The lowest BCUT2D eigenvalue weighted by atomic mass is 10.0. The van der Waals surface area contributed by atoms with Crippen LogP contribution < -0.4 is 10.9 Å². The molecule has 0 atom stereocenters. The molecule has 162 valence electrons. The van der Waals surface area contributed by atoms with Gasteiger partial charge in [-0.2, -0.15) is 0 Å². The van der Waals surface area contributed by atoms with Gasteiger partial charge in [-0.3, -0.25) is 4.79 Å². The van der Waals surface area contributed by atoms with Crippen LogP contribution in [-0.2, 0) is 13.1 Å². The fraction of sp³-hybridized carbons (Fsp3) is 0.154. The molecule has 0 aliphatic carbocycles. The summed E-state index contributed by atoms with van der Waals surface area (Å²) in [6, 6.07) is 20.8. The molecule has 0 radical (unpaired) electrons. The first-order valence-electron chi connectivity index (χ1n) is 10.4. The van der Waals surface area contributed by atoms with Gasteiger partial charge in [-0.25, -0.2) is 9.18 Å². The number of nitrogens with one attached hydrogen (secondary N) is 2. The number of hydrogen-bond donors (Lipinski definition) is 2. The van der Waals surface area contributed by atoms with Crippen LogP contribution in [0.4, 0.5) is 14.9 Å². The highest BCUT2D eigenvalue weighted by Gasteiger charge is 2.18. The summed E-state index contributed by atoms with van der Waals surface area (Å²) in [6.07, 6.45) is 0. The molecule has 6 heteroatoms. The molecular weight excluding hydrogens is 405 g/mol. The van der Waals surface area contributed by atoms with E-state index in [0.717, 1.165) is 27.6 Å². The van der Waals surface area contributed by atoms with E-state index in [-0.39, 0.29) is 24.3 Å². The Balaban J connectivity index is 1.68. The van der Waals surface area contributed by atoms with Gasteiger partial charge in [-0.05, 0) is 54.8 Å². The topological polar surface area (TPSA) is 65.2 Å². The van der Waals surface area contributed by atoms with E-state index in [2.05, 4.69) is 16.4 Å². The zero-order chi connectivity index (χ0) is 22.7. The third-order valence-corrected chi connectivity index (χ3v) is 5.37. The highest BCUT2D eigenvalue weighted by Crippen LogP contribution is 2.20.